The summed E-state index contributed by atoms with van der Waals surface area (Å²) in [6.07, 6.45) is 3.47. The third-order valence-electron chi connectivity index (χ3n) is 4.08. The first-order chi connectivity index (χ1) is 13.5. The van der Waals surface area contributed by atoms with Crippen LogP contribution in [0.25, 0.3) is 0 Å². The van der Waals surface area contributed by atoms with Crippen molar-refractivity contribution in [2.75, 3.05) is 13.7 Å². The minimum absolute atomic E-state index is 0.148. The highest BCUT2D eigenvalue weighted by molar-refractivity contribution is 9.11. The number of ether oxygens (including phenoxy) is 1. The summed E-state index contributed by atoms with van der Waals surface area (Å²) in [7, 11) is 3.43. The van der Waals surface area contributed by atoms with E-state index in [1.54, 1.807) is 31.6 Å². The van der Waals surface area contributed by atoms with Crippen molar-refractivity contribution in [3.63, 3.8) is 0 Å². The number of aromatic nitrogens is 2. The molecule has 0 aliphatic rings. The number of methoxy groups -OCH3 is 1. The van der Waals surface area contributed by atoms with Crippen LogP contribution in [0.2, 0.25) is 0 Å². The summed E-state index contributed by atoms with van der Waals surface area (Å²) < 4.78 is 8.13. The summed E-state index contributed by atoms with van der Waals surface area (Å²) in [4.78, 5) is 29.6. The van der Waals surface area contributed by atoms with Gasteiger partial charge in [0.15, 0.2) is 0 Å². The Balaban J connectivity index is 1.75. The summed E-state index contributed by atoms with van der Waals surface area (Å²) in [5, 5.41) is 5.58. The van der Waals surface area contributed by atoms with Crippen LogP contribution in [0.1, 0.15) is 27.1 Å². The predicted molar refractivity (Wildman–Crippen MR) is 111 cm³/mol. The molecule has 2 amide bonds. The highest BCUT2D eigenvalue weighted by atomic mass is 79.9. The van der Waals surface area contributed by atoms with E-state index in [-0.39, 0.29) is 18.4 Å². The van der Waals surface area contributed by atoms with E-state index in [9.17, 15) is 9.59 Å². The molecule has 2 aromatic heterocycles. The molecule has 7 nitrogen and oxygen atoms in total. The molecule has 0 bridgehead atoms. The highest BCUT2D eigenvalue weighted by Gasteiger charge is 2.24. The van der Waals surface area contributed by atoms with Gasteiger partial charge in [-0.15, -0.1) is 11.3 Å². The molecule has 0 fully saturated rings. The second-order valence-corrected chi connectivity index (χ2v) is 8.39. The average molecular weight is 463 g/mol. The van der Waals surface area contributed by atoms with Crippen molar-refractivity contribution in [2.24, 2.45) is 7.05 Å². The van der Waals surface area contributed by atoms with E-state index in [0.29, 0.717) is 16.5 Å². The van der Waals surface area contributed by atoms with Gasteiger partial charge in [0.05, 0.1) is 22.3 Å². The highest BCUT2D eigenvalue weighted by Crippen LogP contribution is 2.29. The monoisotopic (exact) mass is 462 g/mol. The van der Waals surface area contributed by atoms with Gasteiger partial charge in [-0.05, 0) is 34.1 Å². The average Bonchev–Trinajstić information content (AvgIpc) is 3.32. The lowest BCUT2D eigenvalue weighted by molar-refractivity contribution is -0.120. The van der Waals surface area contributed by atoms with Crippen molar-refractivity contribution in [3.05, 3.63) is 68.8 Å². The van der Waals surface area contributed by atoms with Crippen LogP contribution in [0.15, 0.2) is 52.6 Å². The number of hydrogen-bond acceptors (Lipinski definition) is 5. The van der Waals surface area contributed by atoms with Gasteiger partial charge in [0.1, 0.15) is 17.6 Å². The van der Waals surface area contributed by atoms with Crippen molar-refractivity contribution in [1.29, 1.82) is 0 Å². The van der Waals surface area contributed by atoms with Gasteiger partial charge >= 0.3 is 0 Å². The molecule has 0 aliphatic heterocycles. The molecule has 3 rings (SSSR count). The smallest absolute Gasteiger partial charge is 0.261 e. The number of amides is 2. The number of aryl methyl sites for hydroxylation is 1. The minimum atomic E-state index is -0.517. The fourth-order valence-electron chi connectivity index (χ4n) is 2.74. The summed E-state index contributed by atoms with van der Waals surface area (Å²) in [5.74, 6) is 0.675. The fourth-order valence-corrected chi connectivity index (χ4v) is 4.04. The number of halogens is 1. The second kappa shape index (κ2) is 9.03. The zero-order chi connectivity index (χ0) is 20.1. The molecular weight excluding hydrogens is 444 g/mol. The normalized spacial score (nSPS) is 11.7. The topological polar surface area (TPSA) is 85.2 Å². The number of rotatable bonds is 7. The molecule has 3 aromatic rings. The van der Waals surface area contributed by atoms with Crippen LogP contribution >= 0.6 is 27.3 Å². The Bertz CT molecular complexity index is 985. The van der Waals surface area contributed by atoms with Gasteiger partial charge < -0.3 is 19.9 Å². The molecule has 1 aromatic carbocycles. The molecule has 0 saturated heterocycles. The van der Waals surface area contributed by atoms with Crippen LogP contribution in [0, 0.1) is 0 Å². The van der Waals surface area contributed by atoms with Gasteiger partial charge in [-0.2, -0.15) is 0 Å². The number of imidazole rings is 1. The fraction of sp³-hybridized carbons (Fsp3) is 0.211. The molecule has 0 radical (unpaired) electrons. The van der Waals surface area contributed by atoms with Crippen LogP contribution in [-0.4, -0.2) is 35.0 Å². The number of benzene rings is 1. The molecule has 2 N–H and O–H groups in total. The number of hydrogen-bond donors (Lipinski definition) is 2. The molecule has 2 heterocycles. The molecule has 1 atom stereocenters. The number of para-hydroxylation sites is 1. The lowest BCUT2D eigenvalue weighted by Gasteiger charge is -2.21. The van der Waals surface area contributed by atoms with Gasteiger partial charge in [-0.1, -0.05) is 18.2 Å². The number of carbonyl (C=O) groups is 2. The van der Waals surface area contributed by atoms with E-state index in [1.165, 1.54) is 11.3 Å². The van der Waals surface area contributed by atoms with Crippen molar-refractivity contribution >= 4 is 39.1 Å². The maximum absolute atomic E-state index is 12.6. The third-order valence-corrected chi connectivity index (χ3v) is 5.70. The van der Waals surface area contributed by atoms with Crippen LogP contribution in [0.3, 0.4) is 0 Å². The predicted octanol–water partition coefficient (Wildman–Crippen LogP) is 2.89. The summed E-state index contributed by atoms with van der Waals surface area (Å²) in [6, 6.07) is 10.4. The Morgan fingerprint density at radius 2 is 2.07 bits per heavy atom. The maximum Gasteiger partial charge on any atom is 0.261 e. The zero-order valence-corrected chi connectivity index (χ0v) is 17.7. The Kier molecular flexibility index (Phi) is 6.48. The first kappa shape index (κ1) is 20.1. The lowest BCUT2D eigenvalue weighted by atomic mass is 10.0. The molecule has 0 saturated carbocycles. The zero-order valence-electron chi connectivity index (χ0n) is 15.3. The van der Waals surface area contributed by atoms with E-state index in [4.69, 9.17) is 4.74 Å². The molecule has 0 aliphatic carbocycles. The van der Waals surface area contributed by atoms with Crippen LogP contribution < -0.4 is 15.4 Å². The molecule has 28 heavy (non-hydrogen) atoms. The number of nitrogens with zero attached hydrogens (tertiary/aromatic N) is 2. The van der Waals surface area contributed by atoms with Crippen molar-refractivity contribution in [3.8, 4) is 5.75 Å². The van der Waals surface area contributed by atoms with Gasteiger partial charge in [-0.25, -0.2) is 4.98 Å². The molecule has 1 unspecified atom stereocenters. The van der Waals surface area contributed by atoms with E-state index in [1.807, 2.05) is 35.9 Å². The standard InChI is InChI=1S/C19H19BrN4O3S/c1-24-10-9-21-18(24)17(12-5-3-4-6-13(12)27-2)23-16(25)11-22-19(26)14-7-8-15(20)28-14/h3-10,17H,11H2,1-2H3,(H,22,26)(H,23,25). The maximum atomic E-state index is 12.6. The van der Waals surface area contributed by atoms with Crippen LogP contribution in [0.5, 0.6) is 5.75 Å². The number of nitrogens with one attached hydrogen (secondary N) is 2. The first-order valence-corrected chi connectivity index (χ1v) is 10.0. The number of carbonyl (C=O) groups excluding carboxylic acids is 2. The Hall–Kier alpha value is -2.65. The lowest BCUT2D eigenvalue weighted by Crippen LogP contribution is -2.39. The summed E-state index contributed by atoms with van der Waals surface area (Å²) in [5.41, 5.74) is 0.779. The summed E-state index contributed by atoms with van der Waals surface area (Å²) in [6.45, 7) is -0.148. The van der Waals surface area contributed by atoms with Gasteiger partial charge in [0.25, 0.3) is 5.91 Å². The Morgan fingerprint density at radius 1 is 1.29 bits per heavy atom. The van der Waals surface area contributed by atoms with Crippen LogP contribution in [0.4, 0.5) is 0 Å². The van der Waals surface area contributed by atoms with E-state index < -0.39 is 6.04 Å². The SMILES string of the molecule is COc1ccccc1C(NC(=O)CNC(=O)c1ccc(Br)s1)c1nccn1C. The molecular formula is C19H19BrN4O3S. The molecule has 146 valence electrons. The van der Waals surface area contributed by atoms with E-state index in [0.717, 1.165) is 9.35 Å². The van der Waals surface area contributed by atoms with Gasteiger partial charge in [-0.3, -0.25) is 9.59 Å². The molecule has 9 heteroatoms. The van der Waals surface area contributed by atoms with Gasteiger partial charge in [0.2, 0.25) is 5.91 Å². The van der Waals surface area contributed by atoms with Crippen LogP contribution in [-0.2, 0) is 11.8 Å². The minimum Gasteiger partial charge on any atom is -0.496 e. The largest absolute Gasteiger partial charge is 0.496 e. The quantitative estimate of drug-likeness (QED) is 0.565. The van der Waals surface area contributed by atoms with E-state index in [2.05, 4.69) is 31.5 Å². The number of thiophene rings is 1. The van der Waals surface area contributed by atoms with E-state index >= 15 is 0 Å². The molecule has 0 spiro atoms. The van der Waals surface area contributed by atoms with Crippen molar-refractivity contribution in [1.82, 2.24) is 20.2 Å². The second-order valence-electron chi connectivity index (χ2n) is 5.93. The Labute approximate surface area is 174 Å². The third kappa shape index (κ3) is 4.60. The summed E-state index contributed by atoms with van der Waals surface area (Å²) >= 11 is 4.63. The first-order valence-electron chi connectivity index (χ1n) is 8.42. The van der Waals surface area contributed by atoms with Gasteiger partial charge in [0, 0.05) is 25.0 Å². The van der Waals surface area contributed by atoms with Crippen molar-refractivity contribution in [2.45, 2.75) is 6.04 Å². The van der Waals surface area contributed by atoms with Crippen molar-refractivity contribution < 1.29 is 14.3 Å². The Morgan fingerprint density at radius 3 is 2.71 bits per heavy atom.